The molecule has 0 radical (unpaired) electrons. The molecule has 2 bridgehead atoms. The lowest BCUT2D eigenvalue weighted by Gasteiger charge is -2.27. The van der Waals surface area contributed by atoms with Crippen molar-refractivity contribution in [3.8, 4) is 0 Å². The fraction of sp³-hybridized carbons (Fsp3) is 0.650. The molecule has 0 spiro atoms. The van der Waals surface area contributed by atoms with Crippen LogP contribution in [0.1, 0.15) is 32.1 Å². The largest absolute Gasteiger partial charge is 0.381 e. The first-order valence-corrected chi connectivity index (χ1v) is 10.5. The third-order valence-electron chi connectivity index (χ3n) is 5.41. The number of amides is 1. The molecule has 3 rings (SSSR count). The van der Waals surface area contributed by atoms with Gasteiger partial charge in [-0.05, 0) is 49.7 Å². The molecule has 0 saturated carbocycles. The third kappa shape index (κ3) is 5.22. The maximum absolute atomic E-state index is 11.3. The van der Waals surface area contributed by atoms with Gasteiger partial charge < -0.3 is 9.47 Å². The Morgan fingerprint density at radius 2 is 1.96 bits per heavy atom. The van der Waals surface area contributed by atoms with Gasteiger partial charge in [-0.2, -0.15) is 0 Å². The first-order chi connectivity index (χ1) is 12.6. The first kappa shape index (κ1) is 19.7. The van der Waals surface area contributed by atoms with Crippen LogP contribution in [-0.2, 0) is 14.3 Å². The Morgan fingerprint density at radius 1 is 1.23 bits per heavy atom. The molecule has 4 unspecified atom stereocenters. The van der Waals surface area contributed by atoms with E-state index in [2.05, 4.69) is 30.3 Å². The van der Waals surface area contributed by atoms with E-state index in [0.717, 1.165) is 12.2 Å². The number of rotatable bonds is 10. The van der Waals surface area contributed by atoms with Crippen LogP contribution in [0.2, 0.25) is 0 Å². The Hall–Kier alpha value is -1.08. The van der Waals surface area contributed by atoms with E-state index in [9.17, 15) is 4.79 Å². The molecule has 4 atom stereocenters. The van der Waals surface area contributed by atoms with Crippen molar-refractivity contribution >= 4 is 17.7 Å². The van der Waals surface area contributed by atoms with Crippen molar-refractivity contribution in [2.24, 2.45) is 11.8 Å². The minimum absolute atomic E-state index is 0.270. The number of carbonyl (C=O) groups is 1. The van der Waals surface area contributed by atoms with E-state index < -0.39 is 0 Å². The number of hydrogen-bond acceptors (Lipinski definition) is 5. The van der Waals surface area contributed by atoms with Gasteiger partial charge in [0.2, 0.25) is 5.91 Å². The van der Waals surface area contributed by atoms with Crippen molar-refractivity contribution in [1.82, 2.24) is 5.06 Å². The highest BCUT2D eigenvalue weighted by Gasteiger charge is 2.48. The van der Waals surface area contributed by atoms with E-state index in [4.69, 9.17) is 14.7 Å². The van der Waals surface area contributed by atoms with Gasteiger partial charge in [-0.1, -0.05) is 18.2 Å². The van der Waals surface area contributed by atoms with Gasteiger partial charge in [0.1, 0.15) is 0 Å². The number of benzene rings is 1. The van der Waals surface area contributed by atoms with E-state index in [1.54, 1.807) is 0 Å². The average molecular weight is 380 g/mol. The summed E-state index contributed by atoms with van der Waals surface area (Å²) < 4.78 is 11.9. The Morgan fingerprint density at radius 3 is 2.69 bits per heavy atom. The topological polar surface area (TPSA) is 59.0 Å². The molecular weight excluding hydrogens is 350 g/mol. The van der Waals surface area contributed by atoms with Crippen LogP contribution < -0.4 is 0 Å². The summed E-state index contributed by atoms with van der Waals surface area (Å²) in [5.74, 6) is 2.02. The number of carbonyl (C=O) groups excluding carboxylic acids is 1. The van der Waals surface area contributed by atoms with Gasteiger partial charge in [0, 0.05) is 37.3 Å². The van der Waals surface area contributed by atoms with Gasteiger partial charge in [-0.3, -0.25) is 10.0 Å². The van der Waals surface area contributed by atoms with Gasteiger partial charge in [-0.25, -0.2) is 5.06 Å². The maximum Gasteiger partial charge on any atom is 0.245 e. The molecule has 26 heavy (non-hydrogen) atoms. The quantitative estimate of drug-likeness (QED) is 0.291. The van der Waals surface area contributed by atoms with Crippen molar-refractivity contribution < 1.29 is 19.5 Å². The Balaban J connectivity index is 1.38. The second-order valence-corrected chi connectivity index (χ2v) is 8.26. The molecule has 2 aliphatic rings. The molecule has 1 amide bonds. The first-order valence-electron chi connectivity index (χ1n) is 9.51. The number of nitrogens with zero attached hydrogens (tertiary/aromatic N) is 1. The molecule has 1 aromatic rings. The highest BCUT2D eigenvalue weighted by Crippen LogP contribution is 2.46. The fourth-order valence-electron chi connectivity index (χ4n) is 4.02. The summed E-state index contributed by atoms with van der Waals surface area (Å²) in [5, 5.41) is 9.66. The van der Waals surface area contributed by atoms with E-state index in [1.807, 2.05) is 11.8 Å². The Kier molecular flexibility index (Phi) is 7.37. The van der Waals surface area contributed by atoms with Crippen molar-refractivity contribution in [2.45, 2.75) is 49.2 Å². The van der Waals surface area contributed by atoms with Gasteiger partial charge in [0.25, 0.3) is 0 Å². The molecule has 0 aromatic heterocycles. The number of hydroxylamine groups is 2. The average Bonchev–Trinajstić information content (AvgIpc) is 3.25. The zero-order chi connectivity index (χ0) is 18.4. The molecule has 6 heteroatoms. The SMILES string of the molecule is CN(O)C(=O)CCCOCCC1C2CCC(O2)C1CSc1ccccc1. The van der Waals surface area contributed by atoms with Crippen LogP contribution in [0.4, 0.5) is 0 Å². The smallest absolute Gasteiger partial charge is 0.245 e. The lowest BCUT2D eigenvalue weighted by Crippen LogP contribution is -2.30. The summed E-state index contributed by atoms with van der Waals surface area (Å²) >= 11 is 1.93. The van der Waals surface area contributed by atoms with Crippen LogP contribution >= 0.6 is 11.8 Å². The monoisotopic (exact) mass is 379 g/mol. The van der Waals surface area contributed by atoms with Crippen LogP contribution in [0.5, 0.6) is 0 Å². The minimum Gasteiger partial charge on any atom is -0.381 e. The summed E-state index contributed by atoms with van der Waals surface area (Å²) in [6.45, 7) is 1.28. The van der Waals surface area contributed by atoms with Crippen molar-refractivity contribution in [1.29, 1.82) is 0 Å². The minimum atomic E-state index is -0.270. The summed E-state index contributed by atoms with van der Waals surface area (Å²) in [7, 11) is 1.35. The second kappa shape index (κ2) is 9.74. The van der Waals surface area contributed by atoms with E-state index in [1.165, 1.54) is 24.8 Å². The maximum atomic E-state index is 11.3. The van der Waals surface area contributed by atoms with E-state index >= 15 is 0 Å². The molecule has 1 N–H and O–H groups in total. The molecule has 1 aromatic carbocycles. The molecule has 0 aliphatic carbocycles. The standard InChI is InChI=1S/C20H29NO4S/c1-21(23)20(22)8-5-12-24-13-11-16-17(19-10-9-18(16)25-19)14-26-15-6-3-2-4-7-15/h2-4,6-7,16-19,23H,5,8-14H2,1H3. The third-order valence-corrected chi connectivity index (χ3v) is 6.57. The lowest BCUT2D eigenvalue weighted by molar-refractivity contribution is -0.159. The fourth-order valence-corrected chi connectivity index (χ4v) is 5.22. The predicted octanol–water partition coefficient (Wildman–Crippen LogP) is 3.61. The number of thioether (sulfide) groups is 1. The number of ether oxygens (including phenoxy) is 2. The van der Waals surface area contributed by atoms with Gasteiger partial charge >= 0.3 is 0 Å². The molecule has 144 valence electrons. The molecular formula is C20H29NO4S. The summed E-state index contributed by atoms with van der Waals surface area (Å²) in [6, 6.07) is 10.6. The Bertz CT molecular complexity index is 568. The van der Waals surface area contributed by atoms with Gasteiger partial charge in [0.15, 0.2) is 0 Å². The van der Waals surface area contributed by atoms with Gasteiger partial charge in [-0.15, -0.1) is 11.8 Å². The van der Waals surface area contributed by atoms with Crippen LogP contribution in [0.15, 0.2) is 35.2 Å². The van der Waals surface area contributed by atoms with Gasteiger partial charge in [0.05, 0.1) is 12.2 Å². The van der Waals surface area contributed by atoms with Crippen molar-refractivity contribution in [3.63, 3.8) is 0 Å². The van der Waals surface area contributed by atoms with Crippen LogP contribution in [0.25, 0.3) is 0 Å². The number of fused-ring (bicyclic) bond motifs is 2. The summed E-state index contributed by atoms with van der Waals surface area (Å²) in [6.07, 6.45) is 5.17. The Labute approximate surface area is 160 Å². The zero-order valence-corrected chi connectivity index (χ0v) is 16.2. The van der Waals surface area contributed by atoms with Crippen LogP contribution in [0, 0.1) is 11.8 Å². The second-order valence-electron chi connectivity index (χ2n) is 7.16. The zero-order valence-electron chi connectivity index (χ0n) is 15.4. The summed E-state index contributed by atoms with van der Waals surface area (Å²) in [4.78, 5) is 12.6. The van der Waals surface area contributed by atoms with E-state index in [-0.39, 0.29) is 5.91 Å². The van der Waals surface area contributed by atoms with E-state index in [0.29, 0.717) is 55.2 Å². The van der Waals surface area contributed by atoms with Crippen LogP contribution in [-0.4, -0.2) is 54.4 Å². The molecule has 2 heterocycles. The van der Waals surface area contributed by atoms with Crippen molar-refractivity contribution in [3.05, 3.63) is 30.3 Å². The van der Waals surface area contributed by atoms with Crippen LogP contribution in [0.3, 0.4) is 0 Å². The normalized spacial score (nSPS) is 27.0. The summed E-state index contributed by atoms with van der Waals surface area (Å²) in [5.41, 5.74) is 0. The molecule has 5 nitrogen and oxygen atoms in total. The highest BCUT2D eigenvalue weighted by molar-refractivity contribution is 7.99. The molecule has 2 fully saturated rings. The van der Waals surface area contributed by atoms with Crippen molar-refractivity contribution in [2.75, 3.05) is 26.0 Å². The molecule has 2 aliphatic heterocycles. The highest BCUT2D eigenvalue weighted by atomic mass is 32.2. The predicted molar refractivity (Wildman–Crippen MR) is 101 cm³/mol. The molecule has 2 saturated heterocycles. The number of hydrogen-bond donors (Lipinski definition) is 1. The lowest BCUT2D eigenvalue weighted by atomic mass is 9.79.